The maximum absolute atomic E-state index is 12.8. The smallest absolute Gasteiger partial charge is 0.240 e. The number of hydrogen-bond acceptors (Lipinski definition) is 4. The van der Waals surface area contributed by atoms with E-state index >= 15 is 0 Å². The van der Waals surface area contributed by atoms with Crippen molar-refractivity contribution in [2.24, 2.45) is 5.73 Å². The van der Waals surface area contributed by atoms with Gasteiger partial charge >= 0.3 is 0 Å². The summed E-state index contributed by atoms with van der Waals surface area (Å²) >= 11 is 0. The Morgan fingerprint density at radius 3 is 2.31 bits per heavy atom. The predicted octanol–water partition coefficient (Wildman–Crippen LogP) is 2.50. The van der Waals surface area contributed by atoms with E-state index in [1.165, 1.54) is 0 Å². The summed E-state index contributed by atoms with van der Waals surface area (Å²) in [4.78, 5) is 26.5. The van der Waals surface area contributed by atoms with E-state index in [1.807, 2.05) is 36.7 Å². The average molecular weight is 399 g/mol. The lowest BCUT2D eigenvalue weighted by Crippen LogP contribution is -2.51. The van der Waals surface area contributed by atoms with Gasteiger partial charge < -0.3 is 24.7 Å². The van der Waals surface area contributed by atoms with E-state index in [4.69, 9.17) is 15.2 Å². The number of rotatable bonds is 9. The van der Waals surface area contributed by atoms with Crippen LogP contribution in [0.1, 0.15) is 36.8 Å². The molecule has 2 N–H and O–H groups in total. The van der Waals surface area contributed by atoms with Gasteiger partial charge in [0.05, 0.1) is 14.2 Å². The van der Waals surface area contributed by atoms with Gasteiger partial charge in [-0.3, -0.25) is 9.59 Å². The first kappa shape index (κ1) is 20.8. The number of nitrogens with zero attached hydrogens (tertiary/aromatic N) is 2. The molecule has 0 bridgehead atoms. The van der Waals surface area contributed by atoms with Crippen LogP contribution in [-0.2, 0) is 29.1 Å². The molecule has 0 saturated carbocycles. The lowest BCUT2D eigenvalue weighted by atomic mass is 9.92. The molecule has 0 unspecified atom stereocenters. The molecule has 2 aromatic rings. The SMILES string of the molecule is COc1cc2c(cc1OC)CN(C(=O)CCCCCn1cccc1)[C@H](C(N)=O)C2. The fraction of sp³-hybridized carbons (Fsp3) is 0.455. The Labute approximate surface area is 171 Å². The Bertz CT molecular complexity index is 848. The molecular formula is C22H29N3O4. The number of amides is 2. The van der Waals surface area contributed by atoms with Crippen molar-refractivity contribution in [2.45, 2.75) is 51.2 Å². The number of aromatic nitrogens is 1. The summed E-state index contributed by atoms with van der Waals surface area (Å²) in [5.74, 6) is 0.708. The first-order chi connectivity index (χ1) is 14.0. The summed E-state index contributed by atoms with van der Waals surface area (Å²) < 4.78 is 12.9. The third kappa shape index (κ3) is 4.91. The van der Waals surface area contributed by atoms with Crippen molar-refractivity contribution in [3.63, 3.8) is 0 Å². The summed E-state index contributed by atoms with van der Waals surface area (Å²) in [6.07, 6.45) is 7.65. The van der Waals surface area contributed by atoms with Crippen LogP contribution in [-0.4, -0.2) is 41.5 Å². The number of unbranched alkanes of at least 4 members (excludes halogenated alkanes) is 2. The highest BCUT2D eigenvalue weighted by Crippen LogP contribution is 2.35. The van der Waals surface area contributed by atoms with E-state index in [0.717, 1.165) is 36.9 Å². The van der Waals surface area contributed by atoms with E-state index < -0.39 is 11.9 Å². The predicted molar refractivity (Wildman–Crippen MR) is 110 cm³/mol. The van der Waals surface area contributed by atoms with Gasteiger partial charge in [0.15, 0.2) is 11.5 Å². The number of nitrogens with two attached hydrogens (primary N) is 1. The van der Waals surface area contributed by atoms with Crippen molar-refractivity contribution >= 4 is 11.8 Å². The second kappa shape index (κ2) is 9.49. The highest BCUT2D eigenvalue weighted by atomic mass is 16.5. The van der Waals surface area contributed by atoms with Gasteiger partial charge in [0, 0.05) is 38.3 Å². The Kier molecular flexibility index (Phi) is 6.80. The molecule has 1 aromatic heterocycles. The zero-order valence-electron chi connectivity index (χ0n) is 17.1. The highest BCUT2D eigenvalue weighted by molar-refractivity contribution is 5.87. The highest BCUT2D eigenvalue weighted by Gasteiger charge is 2.33. The van der Waals surface area contributed by atoms with Gasteiger partial charge in [-0.2, -0.15) is 0 Å². The van der Waals surface area contributed by atoms with Gasteiger partial charge in [-0.15, -0.1) is 0 Å². The fourth-order valence-corrected chi connectivity index (χ4v) is 3.84. The van der Waals surface area contributed by atoms with Gasteiger partial charge in [-0.25, -0.2) is 0 Å². The van der Waals surface area contributed by atoms with Gasteiger partial charge in [0.25, 0.3) is 0 Å². The van der Waals surface area contributed by atoms with Crippen molar-refractivity contribution in [3.8, 4) is 11.5 Å². The average Bonchev–Trinajstić information content (AvgIpc) is 3.24. The van der Waals surface area contributed by atoms with Crippen LogP contribution in [0, 0.1) is 0 Å². The summed E-state index contributed by atoms with van der Waals surface area (Å²) in [6.45, 7) is 1.30. The minimum atomic E-state index is -0.632. The molecule has 7 heteroatoms. The number of fused-ring (bicyclic) bond motifs is 1. The lowest BCUT2D eigenvalue weighted by Gasteiger charge is -2.35. The minimum absolute atomic E-state index is 0.0322. The normalized spacial score (nSPS) is 15.7. The molecule has 0 fully saturated rings. The number of aryl methyl sites for hydroxylation is 1. The molecule has 1 aliphatic heterocycles. The number of primary amides is 1. The number of ether oxygens (including phenoxy) is 2. The zero-order valence-corrected chi connectivity index (χ0v) is 17.1. The quantitative estimate of drug-likeness (QED) is 0.657. The molecule has 0 spiro atoms. The van der Waals surface area contributed by atoms with Crippen molar-refractivity contribution < 1.29 is 19.1 Å². The zero-order chi connectivity index (χ0) is 20.8. The molecule has 1 aliphatic rings. The third-order valence-electron chi connectivity index (χ3n) is 5.46. The molecule has 0 saturated heterocycles. The number of methoxy groups -OCH3 is 2. The number of benzene rings is 1. The van der Waals surface area contributed by atoms with Crippen LogP contribution in [0.3, 0.4) is 0 Å². The Hall–Kier alpha value is -2.96. The molecule has 0 radical (unpaired) electrons. The van der Waals surface area contributed by atoms with Crippen molar-refractivity contribution in [1.82, 2.24) is 9.47 Å². The largest absolute Gasteiger partial charge is 0.493 e. The molecule has 3 rings (SSSR count). The number of carbonyl (C=O) groups is 2. The van der Waals surface area contributed by atoms with Crippen LogP contribution >= 0.6 is 0 Å². The second-order valence-corrected chi connectivity index (χ2v) is 7.35. The Morgan fingerprint density at radius 2 is 1.69 bits per heavy atom. The van der Waals surface area contributed by atoms with Crippen molar-refractivity contribution in [2.75, 3.05) is 14.2 Å². The van der Waals surface area contributed by atoms with Gasteiger partial charge in [-0.1, -0.05) is 6.42 Å². The number of carbonyl (C=O) groups excluding carboxylic acids is 2. The van der Waals surface area contributed by atoms with E-state index in [9.17, 15) is 9.59 Å². The van der Waals surface area contributed by atoms with Gasteiger partial charge in [0.2, 0.25) is 11.8 Å². The maximum Gasteiger partial charge on any atom is 0.240 e. The van der Waals surface area contributed by atoms with Crippen LogP contribution in [0.2, 0.25) is 0 Å². The monoisotopic (exact) mass is 399 g/mol. The lowest BCUT2D eigenvalue weighted by molar-refractivity contribution is -0.140. The summed E-state index contributed by atoms with van der Waals surface area (Å²) in [5, 5.41) is 0. The second-order valence-electron chi connectivity index (χ2n) is 7.35. The van der Waals surface area contributed by atoms with Gasteiger partial charge in [0.1, 0.15) is 6.04 Å². The molecule has 7 nitrogen and oxygen atoms in total. The van der Waals surface area contributed by atoms with Crippen molar-refractivity contribution in [3.05, 3.63) is 47.8 Å². The van der Waals surface area contributed by atoms with Gasteiger partial charge in [-0.05, 0) is 48.2 Å². The summed E-state index contributed by atoms with van der Waals surface area (Å²) in [7, 11) is 3.15. The minimum Gasteiger partial charge on any atom is -0.493 e. The van der Waals surface area contributed by atoms with E-state index in [2.05, 4.69) is 4.57 Å². The van der Waals surface area contributed by atoms with Crippen LogP contribution in [0.15, 0.2) is 36.7 Å². The Morgan fingerprint density at radius 1 is 1.03 bits per heavy atom. The molecule has 2 heterocycles. The van der Waals surface area contributed by atoms with E-state index in [0.29, 0.717) is 30.9 Å². The first-order valence-electron chi connectivity index (χ1n) is 9.96. The summed E-state index contributed by atoms with van der Waals surface area (Å²) in [5.41, 5.74) is 7.54. The molecule has 2 amide bonds. The van der Waals surface area contributed by atoms with Crippen LogP contribution < -0.4 is 15.2 Å². The molecule has 156 valence electrons. The van der Waals surface area contributed by atoms with Crippen LogP contribution in [0.25, 0.3) is 0 Å². The molecule has 1 atom stereocenters. The topological polar surface area (TPSA) is 86.8 Å². The summed E-state index contributed by atoms with van der Waals surface area (Å²) in [6, 6.07) is 7.13. The fourth-order valence-electron chi connectivity index (χ4n) is 3.84. The molecule has 0 aliphatic carbocycles. The first-order valence-corrected chi connectivity index (χ1v) is 9.96. The van der Waals surface area contributed by atoms with Crippen LogP contribution in [0.5, 0.6) is 11.5 Å². The van der Waals surface area contributed by atoms with E-state index in [1.54, 1.807) is 19.1 Å². The number of hydrogen-bond donors (Lipinski definition) is 1. The Balaban J connectivity index is 1.62. The van der Waals surface area contributed by atoms with Crippen molar-refractivity contribution in [1.29, 1.82) is 0 Å². The third-order valence-corrected chi connectivity index (χ3v) is 5.46. The van der Waals surface area contributed by atoms with E-state index in [-0.39, 0.29) is 5.91 Å². The molecular weight excluding hydrogens is 370 g/mol. The maximum atomic E-state index is 12.8. The molecule has 29 heavy (non-hydrogen) atoms. The van der Waals surface area contributed by atoms with Crippen LogP contribution in [0.4, 0.5) is 0 Å². The standard InChI is InChI=1S/C22H29N3O4/c1-28-19-13-16-12-18(22(23)27)25(15-17(16)14-20(19)29-2)21(26)8-4-3-5-9-24-10-6-7-11-24/h6-7,10-11,13-14,18H,3-5,8-9,12,15H2,1-2H3,(H2,23,27)/t18-/m0/s1. The molecule has 1 aromatic carbocycles.